The summed E-state index contributed by atoms with van der Waals surface area (Å²) < 4.78 is 0. The molecule has 1 heterocycles. The van der Waals surface area contributed by atoms with Crippen LogP contribution in [0.1, 0.15) is 38.5 Å². The molecule has 0 bridgehead atoms. The summed E-state index contributed by atoms with van der Waals surface area (Å²) in [5.41, 5.74) is 0.880. The zero-order valence-corrected chi connectivity index (χ0v) is 15.7. The highest BCUT2D eigenvalue weighted by Gasteiger charge is 2.32. The van der Waals surface area contributed by atoms with Crippen LogP contribution in [0.2, 0.25) is 0 Å². The van der Waals surface area contributed by atoms with Crippen molar-refractivity contribution in [2.75, 3.05) is 18.4 Å². The van der Waals surface area contributed by atoms with E-state index in [0.29, 0.717) is 11.5 Å². The molecule has 140 valence electrons. The minimum absolute atomic E-state index is 0.0206. The Morgan fingerprint density at radius 3 is 2.23 bits per heavy atom. The number of ketones is 1. The predicted molar refractivity (Wildman–Crippen MR) is 106 cm³/mol. The Morgan fingerprint density at radius 2 is 1.58 bits per heavy atom. The number of nitrogens with zero attached hydrogens (tertiary/aromatic N) is 1. The average molecular weight is 375 g/mol. The maximum absolute atomic E-state index is 12.9. The van der Waals surface area contributed by atoms with E-state index in [1.807, 2.05) is 30.3 Å². The zero-order valence-electron chi connectivity index (χ0n) is 14.9. The maximum Gasteiger partial charge on any atom is 0.317 e. The molecule has 1 aromatic rings. The highest BCUT2D eigenvalue weighted by molar-refractivity contribution is 7.80. The lowest BCUT2D eigenvalue weighted by Gasteiger charge is -2.24. The van der Waals surface area contributed by atoms with E-state index >= 15 is 0 Å². The Hall–Kier alpha value is -2.15. The topological polar surface area (TPSA) is 73.5 Å². The second-order valence-electron chi connectivity index (χ2n) is 6.90. The quantitative estimate of drug-likeness (QED) is 0.560. The van der Waals surface area contributed by atoms with Crippen molar-refractivity contribution in [3.8, 4) is 0 Å². The van der Waals surface area contributed by atoms with Gasteiger partial charge in [-0.15, -0.1) is 0 Å². The molecule has 0 spiro atoms. The van der Waals surface area contributed by atoms with Gasteiger partial charge in [-0.2, -0.15) is 0 Å². The zero-order chi connectivity index (χ0) is 18.4. The molecule has 6 nitrogen and oxygen atoms in total. The summed E-state index contributed by atoms with van der Waals surface area (Å²) in [4.78, 5) is 27.0. The van der Waals surface area contributed by atoms with Crippen LogP contribution >= 0.6 is 12.2 Å². The van der Waals surface area contributed by atoms with Crippen molar-refractivity contribution in [2.24, 2.45) is 0 Å². The molecule has 2 amide bonds. The molecule has 2 atom stereocenters. The third-order valence-electron chi connectivity index (χ3n) is 4.95. The van der Waals surface area contributed by atoms with E-state index in [1.165, 1.54) is 0 Å². The van der Waals surface area contributed by atoms with E-state index in [1.54, 1.807) is 4.90 Å². The lowest BCUT2D eigenvalue weighted by molar-refractivity contribution is -0.122. The molecule has 26 heavy (non-hydrogen) atoms. The van der Waals surface area contributed by atoms with Crippen LogP contribution in [0.5, 0.6) is 0 Å². The van der Waals surface area contributed by atoms with Gasteiger partial charge >= 0.3 is 6.03 Å². The van der Waals surface area contributed by atoms with E-state index in [0.717, 1.165) is 50.9 Å². The molecule has 1 saturated carbocycles. The number of para-hydroxylation sites is 1. The molecule has 1 aromatic carbocycles. The van der Waals surface area contributed by atoms with Crippen LogP contribution in [0, 0.1) is 0 Å². The Labute approximate surface area is 159 Å². The fourth-order valence-electron chi connectivity index (χ4n) is 3.52. The number of anilines is 1. The van der Waals surface area contributed by atoms with Crippen molar-refractivity contribution in [3.05, 3.63) is 30.3 Å². The van der Waals surface area contributed by atoms with E-state index in [4.69, 9.17) is 12.2 Å². The Kier molecular flexibility index (Phi) is 6.44. The highest BCUT2D eigenvalue weighted by atomic mass is 32.1. The first-order valence-electron chi connectivity index (χ1n) is 9.35. The molecular weight excluding hydrogens is 348 g/mol. The van der Waals surface area contributed by atoms with Crippen LogP contribution in [-0.4, -0.2) is 47.0 Å². The van der Waals surface area contributed by atoms with Gasteiger partial charge in [0.1, 0.15) is 0 Å². The van der Waals surface area contributed by atoms with Crippen LogP contribution in [0.3, 0.4) is 0 Å². The summed E-state index contributed by atoms with van der Waals surface area (Å²) in [5.74, 6) is 0.0206. The number of rotatable bonds is 3. The first-order valence-corrected chi connectivity index (χ1v) is 9.76. The summed E-state index contributed by atoms with van der Waals surface area (Å²) in [5, 5.41) is 9.61. The SMILES string of the molecule is O=C1C(NC(=O)N2CCCC2)CCCCC1NC(=S)Nc1ccccc1. The van der Waals surface area contributed by atoms with Crippen LogP contribution in [0.15, 0.2) is 30.3 Å². The van der Waals surface area contributed by atoms with Gasteiger partial charge in [0.05, 0.1) is 12.1 Å². The van der Waals surface area contributed by atoms with Crippen molar-refractivity contribution in [1.29, 1.82) is 0 Å². The van der Waals surface area contributed by atoms with Gasteiger partial charge in [0.25, 0.3) is 0 Å². The molecule has 2 unspecified atom stereocenters. The molecule has 0 radical (unpaired) electrons. The van der Waals surface area contributed by atoms with Crippen molar-refractivity contribution in [2.45, 2.75) is 50.6 Å². The maximum atomic E-state index is 12.9. The first-order chi connectivity index (χ1) is 12.6. The molecule has 2 aliphatic rings. The molecule has 7 heteroatoms. The van der Waals surface area contributed by atoms with E-state index in [2.05, 4.69) is 16.0 Å². The van der Waals surface area contributed by atoms with E-state index in [-0.39, 0.29) is 17.9 Å². The normalized spacial score (nSPS) is 23.2. The highest BCUT2D eigenvalue weighted by Crippen LogP contribution is 2.17. The number of hydrogen-bond acceptors (Lipinski definition) is 3. The largest absolute Gasteiger partial charge is 0.353 e. The first kappa shape index (κ1) is 18.6. The minimum atomic E-state index is -0.442. The van der Waals surface area contributed by atoms with Gasteiger partial charge in [-0.25, -0.2) is 4.79 Å². The van der Waals surface area contributed by atoms with Crippen molar-refractivity contribution >= 4 is 34.8 Å². The minimum Gasteiger partial charge on any atom is -0.353 e. The second kappa shape index (κ2) is 8.98. The molecule has 1 saturated heterocycles. The third kappa shape index (κ3) is 4.94. The number of amides is 2. The molecular formula is C19H26N4O2S. The Balaban J connectivity index is 1.57. The van der Waals surface area contributed by atoms with Crippen LogP contribution < -0.4 is 16.0 Å². The third-order valence-corrected chi connectivity index (χ3v) is 5.17. The van der Waals surface area contributed by atoms with Crippen molar-refractivity contribution in [1.82, 2.24) is 15.5 Å². The number of carbonyl (C=O) groups is 2. The fraction of sp³-hybridized carbons (Fsp3) is 0.526. The number of nitrogens with one attached hydrogen (secondary N) is 3. The summed E-state index contributed by atoms with van der Waals surface area (Å²) in [6.45, 7) is 1.55. The molecule has 1 aliphatic carbocycles. The van der Waals surface area contributed by atoms with Crippen molar-refractivity contribution in [3.63, 3.8) is 0 Å². The van der Waals surface area contributed by atoms with E-state index in [9.17, 15) is 9.59 Å². The smallest absolute Gasteiger partial charge is 0.317 e. The average Bonchev–Trinajstić information content (AvgIpc) is 3.13. The number of carbonyl (C=O) groups excluding carboxylic acids is 2. The molecule has 1 aliphatic heterocycles. The van der Waals surface area contributed by atoms with Crippen LogP contribution in [0.4, 0.5) is 10.5 Å². The number of thiocarbonyl (C=S) groups is 1. The van der Waals surface area contributed by atoms with Gasteiger partial charge in [-0.05, 0) is 50.0 Å². The van der Waals surface area contributed by atoms with Gasteiger partial charge in [-0.3, -0.25) is 4.79 Å². The Morgan fingerprint density at radius 1 is 0.962 bits per heavy atom. The van der Waals surface area contributed by atoms with E-state index < -0.39 is 6.04 Å². The second-order valence-corrected chi connectivity index (χ2v) is 7.31. The summed E-state index contributed by atoms with van der Waals surface area (Å²) in [6, 6.07) is 8.69. The van der Waals surface area contributed by atoms with Gasteiger partial charge in [0.15, 0.2) is 10.9 Å². The number of benzene rings is 1. The van der Waals surface area contributed by atoms with Crippen LogP contribution in [0.25, 0.3) is 0 Å². The van der Waals surface area contributed by atoms with Crippen LogP contribution in [-0.2, 0) is 4.79 Å². The number of Topliss-reactive ketones (excluding diaryl/α,β-unsaturated/α-hetero) is 1. The number of likely N-dealkylation sites (tertiary alicyclic amines) is 1. The van der Waals surface area contributed by atoms with Gasteiger partial charge < -0.3 is 20.9 Å². The van der Waals surface area contributed by atoms with Crippen molar-refractivity contribution < 1.29 is 9.59 Å². The molecule has 3 rings (SSSR count). The lowest BCUT2D eigenvalue weighted by Crippen LogP contribution is -2.53. The van der Waals surface area contributed by atoms with Gasteiger partial charge in [0.2, 0.25) is 0 Å². The monoisotopic (exact) mass is 374 g/mol. The summed E-state index contributed by atoms with van der Waals surface area (Å²) >= 11 is 5.36. The number of urea groups is 1. The summed E-state index contributed by atoms with van der Waals surface area (Å²) in [6.07, 6.45) is 5.35. The standard InChI is InChI=1S/C19H26N4O2S/c24-17-15(21-18(26)20-14-8-2-1-3-9-14)10-4-5-11-16(17)22-19(25)23-12-6-7-13-23/h1-3,8-9,15-16H,4-7,10-13H2,(H,22,25)(H2,20,21,26). The summed E-state index contributed by atoms with van der Waals surface area (Å²) in [7, 11) is 0. The lowest BCUT2D eigenvalue weighted by atomic mass is 10.0. The Bertz CT molecular complexity index is 646. The van der Waals surface area contributed by atoms with Gasteiger partial charge in [0, 0.05) is 18.8 Å². The molecule has 2 fully saturated rings. The number of hydrogen-bond donors (Lipinski definition) is 3. The van der Waals surface area contributed by atoms with Gasteiger partial charge in [-0.1, -0.05) is 31.0 Å². The predicted octanol–water partition coefficient (Wildman–Crippen LogP) is 2.66. The molecule has 3 N–H and O–H groups in total. The fourth-order valence-corrected chi connectivity index (χ4v) is 3.78. The molecule has 0 aromatic heterocycles.